The fraction of sp³-hybridized carbons (Fsp3) is 0.533. The molecule has 0 unspecified atom stereocenters. The Bertz CT molecular complexity index is 364. The Labute approximate surface area is 109 Å². The second-order valence-corrected chi connectivity index (χ2v) is 6.50. The second-order valence-electron chi connectivity index (χ2n) is 5.52. The number of ketones is 1. The van der Waals surface area contributed by atoms with Crippen LogP contribution in [0.25, 0.3) is 0 Å². The molecule has 0 aliphatic heterocycles. The molecule has 0 aliphatic rings. The highest BCUT2D eigenvalue weighted by atomic mass is 32.2. The molecule has 1 rings (SSSR count). The van der Waals surface area contributed by atoms with Gasteiger partial charge in [0.1, 0.15) is 5.78 Å². The Morgan fingerprint density at radius 1 is 1.18 bits per heavy atom. The predicted octanol–water partition coefficient (Wildman–Crippen LogP) is 4.34. The van der Waals surface area contributed by atoms with Gasteiger partial charge < -0.3 is 0 Å². The van der Waals surface area contributed by atoms with E-state index in [1.165, 1.54) is 5.56 Å². The average Bonchev–Trinajstić information content (AvgIpc) is 2.24. The number of Topliss-reactive ketones (excluding diaryl/α,β-unsaturated/α-hetero) is 1. The molecule has 0 N–H and O–H groups in total. The van der Waals surface area contributed by atoms with Crippen molar-refractivity contribution in [3.8, 4) is 0 Å². The van der Waals surface area contributed by atoms with Crippen LogP contribution in [0.3, 0.4) is 0 Å². The Hall–Kier alpha value is -0.760. The van der Waals surface area contributed by atoms with Crippen LogP contribution in [0.15, 0.2) is 30.3 Å². The lowest BCUT2D eigenvalue weighted by Crippen LogP contribution is -2.31. The van der Waals surface area contributed by atoms with Crippen LogP contribution in [0, 0.1) is 11.3 Å². The van der Waals surface area contributed by atoms with Gasteiger partial charge in [0, 0.05) is 11.2 Å². The van der Waals surface area contributed by atoms with Gasteiger partial charge >= 0.3 is 0 Å². The topological polar surface area (TPSA) is 17.1 Å². The van der Waals surface area contributed by atoms with Gasteiger partial charge in [-0.05, 0) is 24.2 Å². The van der Waals surface area contributed by atoms with Crippen LogP contribution in [0.5, 0.6) is 0 Å². The third kappa shape index (κ3) is 3.60. The Morgan fingerprint density at radius 2 is 1.71 bits per heavy atom. The SMILES string of the molecule is CS[C@@H](c1ccccc1)[C@@H](C(C)=O)C(C)(C)C. The van der Waals surface area contributed by atoms with Crippen molar-refractivity contribution in [2.45, 2.75) is 32.9 Å². The van der Waals surface area contributed by atoms with Crippen molar-refractivity contribution in [1.82, 2.24) is 0 Å². The molecule has 2 heteroatoms. The number of hydrogen-bond acceptors (Lipinski definition) is 2. The highest BCUT2D eigenvalue weighted by molar-refractivity contribution is 7.98. The normalized spacial score (nSPS) is 15.4. The molecule has 17 heavy (non-hydrogen) atoms. The van der Waals surface area contributed by atoms with Gasteiger partial charge in [0.15, 0.2) is 0 Å². The van der Waals surface area contributed by atoms with E-state index in [2.05, 4.69) is 39.2 Å². The molecule has 0 heterocycles. The first-order valence-electron chi connectivity index (χ1n) is 5.96. The third-order valence-corrected chi connectivity index (χ3v) is 4.11. The number of thioether (sulfide) groups is 1. The Kier molecular flexibility index (Phi) is 4.81. The molecule has 0 saturated heterocycles. The fourth-order valence-electron chi connectivity index (χ4n) is 2.38. The van der Waals surface area contributed by atoms with Crippen molar-refractivity contribution in [2.24, 2.45) is 11.3 Å². The maximum absolute atomic E-state index is 12.0. The molecule has 0 aromatic heterocycles. The summed E-state index contributed by atoms with van der Waals surface area (Å²) in [5.41, 5.74) is 1.24. The molecule has 0 radical (unpaired) electrons. The van der Waals surface area contributed by atoms with Crippen molar-refractivity contribution < 1.29 is 4.79 Å². The summed E-state index contributed by atoms with van der Waals surface area (Å²) in [4.78, 5) is 12.0. The number of carbonyl (C=O) groups excluding carboxylic acids is 1. The van der Waals surface area contributed by atoms with E-state index in [0.29, 0.717) is 0 Å². The highest BCUT2D eigenvalue weighted by Gasteiger charge is 2.36. The number of carbonyl (C=O) groups is 1. The van der Waals surface area contributed by atoms with Crippen LogP contribution in [-0.4, -0.2) is 12.0 Å². The van der Waals surface area contributed by atoms with E-state index in [1.54, 1.807) is 18.7 Å². The van der Waals surface area contributed by atoms with Crippen LogP contribution < -0.4 is 0 Å². The maximum atomic E-state index is 12.0. The lowest BCUT2D eigenvalue weighted by Gasteiger charge is -2.34. The van der Waals surface area contributed by atoms with Crippen LogP contribution in [0.1, 0.15) is 38.5 Å². The minimum absolute atomic E-state index is 0.00461. The van der Waals surface area contributed by atoms with Gasteiger partial charge in [-0.25, -0.2) is 0 Å². The minimum atomic E-state index is -0.00461. The van der Waals surface area contributed by atoms with E-state index in [9.17, 15) is 4.79 Å². The molecular formula is C15H22OS. The summed E-state index contributed by atoms with van der Waals surface area (Å²) in [6, 6.07) is 10.3. The molecule has 94 valence electrons. The maximum Gasteiger partial charge on any atom is 0.134 e. The molecule has 0 aliphatic carbocycles. The van der Waals surface area contributed by atoms with Crippen LogP contribution in [0.2, 0.25) is 0 Å². The molecule has 0 bridgehead atoms. The summed E-state index contributed by atoms with van der Waals surface area (Å²) in [6.45, 7) is 8.14. The average molecular weight is 250 g/mol. The van der Waals surface area contributed by atoms with E-state index in [1.807, 2.05) is 18.2 Å². The van der Waals surface area contributed by atoms with Crippen LogP contribution >= 0.6 is 11.8 Å². The van der Waals surface area contributed by atoms with Crippen LogP contribution in [0.4, 0.5) is 0 Å². The first-order chi connectivity index (χ1) is 7.88. The zero-order valence-electron chi connectivity index (χ0n) is 11.4. The van der Waals surface area contributed by atoms with E-state index in [-0.39, 0.29) is 22.4 Å². The first kappa shape index (κ1) is 14.3. The molecule has 0 saturated carbocycles. The molecule has 0 fully saturated rings. The fourth-order valence-corrected chi connectivity index (χ4v) is 3.69. The quantitative estimate of drug-likeness (QED) is 0.790. The number of benzene rings is 1. The van der Waals surface area contributed by atoms with Gasteiger partial charge in [0.05, 0.1) is 0 Å². The summed E-state index contributed by atoms with van der Waals surface area (Å²) < 4.78 is 0. The molecule has 0 amide bonds. The molecule has 1 aromatic rings. The molecule has 1 aromatic carbocycles. The highest BCUT2D eigenvalue weighted by Crippen LogP contribution is 2.43. The van der Waals surface area contributed by atoms with Gasteiger partial charge in [-0.3, -0.25) is 4.79 Å². The Morgan fingerprint density at radius 3 is 2.06 bits per heavy atom. The smallest absolute Gasteiger partial charge is 0.134 e. The van der Waals surface area contributed by atoms with Crippen molar-refractivity contribution in [2.75, 3.05) is 6.26 Å². The van der Waals surface area contributed by atoms with Gasteiger partial charge in [-0.15, -0.1) is 0 Å². The van der Waals surface area contributed by atoms with Crippen molar-refractivity contribution in [1.29, 1.82) is 0 Å². The predicted molar refractivity (Wildman–Crippen MR) is 76.3 cm³/mol. The zero-order chi connectivity index (χ0) is 13.1. The second kappa shape index (κ2) is 5.72. The molecule has 1 nitrogen and oxygen atoms in total. The first-order valence-corrected chi connectivity index (χ1v) is 7.25. The monoisotopic (exact) mass is 250 g/mol. The summed E-state index contributed by atoms with van der Waals surface area (Å²) in [5, 5.41) is 0.244. The van der Waals surface area contributed by atoms with Gasteiger partial charge in [0.2, 0.25) is 0 Å². The lowest BCUT2D eigenvalue weighted by atomic mass is 9.75. The summed E-state index contributed by atoms with van der Waals surface area (Å²) in [6.07, 6.45) is 2.08. The molecule has 0 spiro atoms. The lowest BCUT2D eigenvalue weighted by molar-refractivity contribution is -0.123. The largest absolute Gasteiger partial charge is 0.300 e. The van der Waals surface area contributed by atoms with Gasteiger partial charge in [0.25, 0.3) is 0 Å². The van der Waals surface area contributed by atoms with E-state index >= 15 is 0 Å². The third-order valence-electron chi connectivity index (χ3n) is 3.06. The standard InChI is InChI=1S/C15H22OS/c1-11(16)13(15(2,3)4)14(17-5)12-9-7-6-8-10-12/h6-10,13-14H,1-5H3/t13-,14+/m1/s1. The summed E-state index contributed by atoms with van der Waals surface area (Å²) in [7, 11) is 0. The number of rotatable bonds is 4. The minimum Gasteiger partial charge on any atom is -0.300 e. The van der Waals surface area contributed by atoms with Gasteiger partial charge in [-0.2, -0.15) is 11.8 Å². The zero-order valence-corrected chi connectivity index (χ0v) is 12.2. The summed E-state index contributed by atoms with van der Waals surface area (Å²) >= 11 is 1.77. The van der Waals surface area contributed by atoms with Crippen LogP contribution in [-0.2, 0) is 4.79 Å². The Balaban J connectivity index is 3.11. The van der Waals surface area contributed by atoms with Crippen molar-refractivity contribution >= 4 is 17.5 Å². The molecule has 2 atom stereocenters. The van der Waals surface area contributed by atoms with E-state index in [0.717, 1.165) is 0 Å². The number of hydrogen-bond donors (Lipinski definition) is 0. The van der Waals surface area contributed by atoms with Gasteiger partial charge in [-0.1, -0.05) is 51.1 Å². The molecular weight excluding hydrogens is 228 g/mol. The van der Waals surface area contributed by atoms with E-state index < -0.39 is 0 Å². The summed E-state index contributed by atoms with van der Waals surface area (Å²) in [5.74, 6) is 0.334. The van der Waals surface area contributed by atoms with Crippen molar-refractivity contribution in [3.63, 3.8) is 0 Å². The van der Waals surface area contributed by atoms with Crippen molar-refractivity contribution in [3.05, 3.63) is 35.9 Å². The van der Waals surface area contributed by atoms with E-state index in [4.69, 9.17) is 0 Å².